The van der Waals surface area contributed by atoms with Crippen LogP contribution in [0.2, 0.25) is 5.15 Å². The number of halogens is 2. The van der Waals surface area contributed by atoms with Gasteiger partial charge in [0.2, 0.25) is 0 Å². The lowest BCUT2D eigenvalue weighted by Gasteiger charge is -2.32. The van der Waals surface area contributed by atoms with E-state index in [1.807, 2.05) is 26.8 Å². The summed E-state index contributed by atoms with van der Waals surface area (Å²) >= 11 is 8.42. The fraction of sp³-hybridized carbons (Fsp3) is 0.700. The first-order valence-electron chi connectivity index (χ1n) is 9.31. The van der Waals surface area contributed by atoms with Gasteiger partial charge in [0, 0.05) is 12.0 Å². The van der Waals surface area contributed by atoms with Gasteiger partial charge in [-0.25, -0.2) is 9.78 Å². The molecule has 1 N–H and O–H groups in total. The Morgan fingerprint density at radius 1 is 1.33 bits per heavy atom. The van der Waals surface area contributed by atoms with Crippen LogP contribution in [-0.4, -0.2) is 29.3 Å². The first-order chi connectivity index (χ1) is 12.3. The van der Waals surface area contributed by atoms with Crippen LogP contribution in [0.15, 0.2) is 6.07 Å². The Hall–Kier alpha value is -0.760. The van der Waals surface area contributed by atoms with E-state index in [9.17, 15) is 4.79 Å². The minimum absolute atomic E-state index is 0.229. The third kappa shape index (κ3) is 7.64. The Labute approximate surface area is 181 Å². The number of pyridine rings is 1. The van der Waals surface area contributed by atoms with Gasteiger partial charge in [-0.15, -0.1) is 0 Å². The van der Waals surface area contributed by atoms with Crippen LogP contribution in [-0.2, 0) is 11.2 Å². The van der Waals surface area contributed by atoms with E-state index in [2.05, 4.69) is 53.7 Å². The summed E-state index contributed by atoms with van der Waals surface area (Å²) in [5, 5.41) is 3.24. The number of aromatic nitrogens is 1. The second kappa shape index (κ2) is 8.72. The molecular formula is C20H30ClIN2O3. The van der Waals surface area contributed by atoms with Crippen LogP contribution >= 0.6 is 34.2 Å². The number of ether oxygens (including phenoxy) is 2. The highest BCUT2D eigenvalue weighted by molar-refractivity contribution is 14.1. The van der Waals surface area contributed by atoms with Crippen molar-refractivity contribution in [2.75, 3.05) is 6.61 Å². The number of hydrogen-bond acceptors (Lipinski definition) is 4. The molecule has 0 radical (unpaired) electrons. The van der Waals surface area contributed by atoms with E-state index in [1.165, 1.54) is 12.8 Å². The van der Waals surface area contributed by atoms with Crippen molar-refractivity contribution in [3.8, 4) is 5.75 Å². The third-order valence-corrected chi connectivity index (χ3v) is 5.44. The molecule has 1 aromatic rings. The number of alkyl carbamates (subject to hydrolysis) is 1. The zero-order valence-electron chi connectivity index (χ0n) is 17.0. The normalized spacial score (nSPS) is 16.0. The number of carbonyl (C=O) groups excluding carboxylic acids is 1. The molecule has 0 aliphatic heterocycles. The maximum absolute atomic E-state index is 12.3. The van der Waals surface area contributed by atoms with Gasteiger partial charge >= 0.3 is 6.09 Å². The van der Waals surface area contributed by atoms with E-state index in [0.717, 1.165) is 9.26 Å². The van der Waals surface area contributed by atoms with Crippen LogP contribution in [0.3, 0.4) is 0 Å². The summed E-state index contributed by atoms with van der Waals surface area (Å²) in [5.74, 6) is 1.24. The van der Waals surface area contributed by atoms with Crippen LogP contribution < -0.4 is 10.1 Å². The van der Waals surface area contributed by atoms with Crippen molar-refractivity contribution in [3.05, 3.63) is 20.5 Å². The lowest BCUT2D eigenvalue weighted by molar-refractivity contribution is 0.0281. The fourth-order valence-electron chi connectivity index (χ4n) is 2.42. The topological polar surface area (TPSA) is 60.5 Å². The standard InChI is InChI=1S/C20H30ClIN2O3/c1-19(2,3)15(27-18(25)24-20(4,5)6)10-13-9-14(16(21)23-17(13)22)26-11-12-7-8-12/h9,12,15H,7-8,10-11H2,1-6H3,(H,24,25)/t15-/m0/s1. The molecule has 1 saturated carbocycles. The highest BCUT2D eigenvalue weighted by atomic mass is 127. The molecule has 1 heterocycles. The van der Waals surface area contributed by atoms with Crippen molar-refractivity contribution in [3.63, 3.8) is 0 Å². The predicted molar refractivity (Wildman–Crippen MR) is 116 cm³/mol. The maximum Gasteiger partial charge on any atom is 0.407 e. The Morgan fingerprint density at radius 3 is 2.48 bits per heavy atom. The summed E-state index contributed by atoms with van der Waals surface area (Å²) in [5.41, 5.74) is 0.390. The number of hydrogen-bond donors (Lipinski definition) is 1. The molecule has 1 atom stereocenters. The van der Waals surface area contributed by atoms with Crippen LogP contribution in [0.1, 0.15) is 59.9 Å². The van der Waals surface area contributed by atoms with Gasteiger partial charge in [-0.1, -0.05) is 32.4 Å². The molecule has 5 nitrogen and oxygen atoms in total. The summed E-state index contributed by atoms with van der Waals surface area (Å²) in [4.78, 5) is 16.7. The molecular weight excluding hydrogens is 479 g/mol. The Bertz CT molecular complexity index is 679. The van der Waals surface area contributed by atoms with E-state index in [1.54, 1.807) is 0 Å². The highest BCUT2D eigenvalue weighted by Gasteiger charge is 2.31. The van der Waals surface area contributed by atoms with Gasteiger partial charge < -0.3 is 14.8 Å². The molecule has 0 bridgehead atoms. The molecule has 1 amide bonds. The SMILES string of the molecule is CC(C)(C)NC(=O)O[C@@H](Cc1cc(OCC2CC2)c(Cl)nc1I)C(C)(C)C. The maximum atomic E-state index is 12.3. The Kier molecular flexibility index (Phi) is 7.28. The van der Waals surface area contributed by atoms with Crippen molar-refractivity contribution >= 4 is 40.3 Å². The summed E-state index contributed by atoms with van der Waals surface area (Å²) in [6.07, 6.45) is 2.25. The molecule has 2 rings (SSSR count). The average Bonchev–Trinajstić information content (AvgIpc) is 3.29. The molecule has 7 heteroatoms. The number of carbonyl (C=O) groups is 1. The first kappa shape index (κ1) is 22.5. The molecule has 0 unspecified atom stereocenters. The van der Waals surface area contributed by atoms with Crippen LogP contribution in [0.5, 0.6) is 5.75 Å². The predicted octanol–water partition coefficient (Wildman–Crippen LogP) is 5.61. The number of nitrogens with zero attached hydrogens (tertiary/aromatic N) is 1. The summed E-state index contributed by atoms with van der Waals surface area (Å²) in [6, 6.07) is 1.93. The minimum Gasteiger partial charge on any atom is -0.490 e. The summed E-state index contributed by atoms with van der Waals surface area (Å²) in [6.45, 7) is 12.6. The van der Waals surface area contributed by atoms with Gasteiger partial charge in [-0.05, 0) is 79.2 Å². The lowest BCUT2D eigenvalue weighted by Crippen LogP contribution is -2.45. The van der Waals surface area contributed by atoms with Gasteiger partial charge in [0.25, 0.3) is 0 Å². The van der Waals surface area contributed by atoms with Crippen LogP contribution in [0, 0.1) is 15.0 Å². The average molecular weight is 509 g/mol. The Balaban J connectivity index is 2.15. The highest BCUT2D eigenvalue weighted by Crippen LogP contribution is 2.34. The molecule has 1 fully saturated rings. The van der Waals surface area contributed by atoms with Crippen LogP contribution in [0.4, 0.5) is 4.79 Å². The first-order valence-corrected chi connectivity index (χ1v) is 10.8. The van der Waals surface area contributed by atoms with Gasteiger partial charge in [0.1, 0.15) is 9.80 Å². The number of amides is 1. The van der Waals surface area contributed by atoms with Crippen molar-refractivity contribution in [1.82, 2.24) is 10.3 Å². The van der Waals surface area contributed by atoms with Gasteiger partial charge in [-0.3, -0.25) is 0 Å². The molecule has 1 aliphatic carbocycles. The van der Waals surface area contributed by atoms with Crippen molar-refractivity contribution < 1.29 is 14.3 Å². The zero-order valence-corrected chi connectivity index (χ0v) is 19.9. The summed E-state index contributed by atoms with van der Waals surface area (Å²) in [7, 11) is 0. The lowest BCUT2D eigenvalue weighted by atomic mass is 9.85. The molecule has 1 aliphatic rings. The Morgan fingerprint density at radius 2 is 1.96 bits per heavy atom. The number of nitrogens with one attached hydrogen (secondary N) is 1. The van der Waals surface area contributed by atoms with E-state index in [-0.39, 0.29) is 17.1 Å². The second-order valence-corrected chi connectivity index (χ2v) is 10.7. The van der Waals surface area contributed by atoms with E-state index in [0.29, 0.717) is 29.8 Å². The van der Waals surface area contributed by atoms with Crippen molar-refractivity contribution in [1.29, 1.82) is 0 Å². The molecule has 27 heavy (non-hydrogen) atoms. The van der Waals surface area contributed by atoms with Crippen LogP contribution in [0.25, 0.3) is 0 Å². The van der Waals surface area contributed by atoms with Crippen molar-refractivity contribution in [2.45, 2.75) is 72.4 Å². The quantitative estimate of drug-likeness (QED) is 0.401. The second-order valence-electron chi connectivity index (χ2n) is 9.32. The largest absolute Gasteiger partial charge is 0.490 e. The van der Waals surface area contributed by atoms with E-state index < -0.39 is 6.09 Å². The fourth-order valence-corrected chi connectivity index (χ4v) is 3.37. The van der Waals surface area contributed by atoms with Crippen molar-refractivity contribution in [2.24, 2.45) is 11.3 Å². The molecule has 0 aromatic carbocycles. The minimum atomic E-state index is -0.412. The van der Waals surface area contributed by atoms with Gasteiger partial charge in [0.05, 0.1) is 6.61 Å². The molecule has 1 aromatic heterocycles. The molecule has 0 saturated heterocycles. The summed E-state index contributed by atoms with van der Waals surface area (Å²) < 4.78 is 12.4. The van der Waals surface area contributed by atoms with Gasteiger partial charge in [0.15, 0.2) is 10.9 Å². The molecule has 152 valence electrons. The number of rotatable bonds is 6. The molecule has 0 spiro atoms. The smallest absolute Gasteiger partial charge is 0.407 e. The van der Waals surface area contributed by atoms with E-state index in [4.69, 9.17) is 21.1 Å². The van der Waals surface area contributed by atoms with E-state index >= 15 is 0 Å². The monoisotopic (exact) mass is 508 g/mol. The zero-order chi connectivity index (χ0) is 20.4. The van der Waals surface area contributed by atoms with Gasteiger partial charge in [-0.2, -0.15) is 0 Å². The third-order valence-electron chi connectivity index (χ3n) is 4.24.